The van der Waals surface area contributed by atoms with Crippen molar-refractivity contribution in [3.05, 3.63) is 46.1 Å². The van der Waals surface area contributed by atoms with Crippen LogP contribution in [-0.4, -0.2) is 19.5 Å². The Morgan fingerprint density at radius 2 is 1.95 bits per heavy atom. The molecule has 3 rings (SSSR count). The largest absolute Gasteiger partial charge is 0.453 e. The van der Waals surface area contributed by atoms with Gasteiger partial charge in [-0.2, -0.15) is 0 Å². The maximum Gasteiger partial charge on any atom is 0.185 e. The highest BCUT2D eigenvalue weighted by atomic mass is 79.9. The third-order valence-corrected chi connectivity index (χ3v) is 3.30. The summed E-state index contributed by atoms with van der Waals surface area (Å²) in [5.41, 5.74) is 1.79. The van der Waals surface area contributed by atoms with Gasteiger partial charge in [0.25, 0.3) is 0 Å². The van der Waals surface area contributed by atoms with Crippen LogP contribution in [0.5, 0.6) is 0 Å². The summed E-state index contributed by atoms with van der Waals surface area (Å²) < 4.78 is 17.3. The molecule has 0 aliphatic carbocycles. The Morgan fingerprint density at radius 1 is 1.16 bits per heavy atom. The number of hydrogen-bond donors (Lipinski definition) is 0. The van der Waals surface area contributed by atoms with Crippen molar-refractivity contribution in [2.45, 2.75) is 6.29 Å². The van der Waals surface area contributed by atoms with E-state index in [2.05, 4.69) is 15.9 Å². The molecule has 0 spiro atoms. The lowest BCUT2D eigenvalue weighted by Gasteiger charge is -2.11. The van der Waals surface area contributed by atoms with Crippen molar-refractivity contribution in [2.24, 2.45) is 0 Å². The average Bonchev–Trinajstić information content (AvgIpc) is 3.09. The smallest absolute Gasteiger partial charge is 0.185 e. The molecule has 1 aliphatic rings. The minimum Gasteiger partial charge on any atom is -0.453 e. The molecule has 0 bridgehead atoms. The number of hydrogen-bond acceptors (Lipinski definition) is 4. The topological polar surface area (TPSA) is 48.7 Å². The second-order valence-electron chi connectivity index (χ2n) is 4.17. The standard InChI is InChI=1S/C14H11BrO4/c15-11-6-9(13-2-1-12(8-16)19-13)5-10(7-11)14-17-3-4-18-14/h1-2,5-8,14H,3-4H2. The molecule has 1 aromatic carbocycles. The SMILES string of the molecule is O=Cc1ccc(-c2cc(Br)cc(C3OCCO3)c2)o1. The van der Waals surface area contributed by atoms with Crippen molar-refractivity contribution in [1.29, 1.82) is 0 Å². The van der Waals surface area contributed by atoms with Crippen molar-refractivity contribution in [2.75, 3.05) is 13.2 Å². The van der Waals surface area contributed by atoms with Gasteiger partial charge in [0, 0.05) is 15.6 Å². The van der Waals surface area contributed by atoms with E-state index in [1.807, 2.05) is 18.2 Å². The van der Waals surface area contributed by atoms with Gasteiger partial charge in [-0.05, 0) is 30.3 Å². The fourth-order valence-electron chi connectivity index (χ4n) is 2.01. The van der Waals surface area contributed by atoms with Crippen LogP contribution in [0.25, 0.3) is 11.3 Å². The average molecular weight is 323 g/mol. The second kappa shape index (κ2) is 5.28. The molecule has 1 aliphatic heterocycles. The summed E-state index contributed by atoms with van der Waals surface area (Å²) in [5, 5.41) is 0. The number of furan rings is 1. The maximum absolute atomic E-state index is 10.7. The molecular weight excluding hydrogens is 312 g/mol. The van der Waals surface area contributed by atoms with Gasteiger partial charge >= 0.3 is 0 Å². The van der Waals surface area contributed by atoms with Gasteiger partial charge in [0.1, 0.15) is 5.76 Å². The van der Waals surface area contributed by atoms with Crippen LogP contribution < -0.4 is 0 Å². The Morgan fingerprint density at radius 3 is 2.63 bits per heavy atom. The van der Waals surface area contributed by atoms with Crippen molar-refractivity contribution in [3.63, 3.8) is 0 Å². The lowest BCUT2D eigenvalue weighted by Crippen LogP contribution is -1.98. The first-order valence-electron chi connectivity index (χ1n) is 5.85. The molecule has 0 unspecified atom stereocenters. The number of aldehydes is 1. The van der Waals surface area contributed by atoms with Crippen molar-refractivity contribution < 1.29 is 18.7 Å². The van der Waals surface area contributed by atoms with Crippen LogP contribution in [0, 0.1) is 0 Å². The molecule has 4 nitrogen and oxygen atoms in total. The van der Waals surface area contributed by atoms with Crippen LogP contribution in [-0.2, 0) is 9.47 Å². The van der Waals surface area contributed by atoms with E-state index in [4.69, 9.17) is 13.9 Å². The summed E-state index contributed by atoms with van der Waals surface area (Å²) in [4.78, 5) is 10.7. The molecule has 0 amide bonds. The van der Waals surface area contributed by atoms with E-state index in [1.165, 1.54) is 0 Å². The Hall–Kier alpha value is -1.43. The number of carbonyl (C=O) groups is 1. The van der Waals surface area contributed by atoms with E-state index >= 15 is 0 Å². The third-order valence-electron chi connectivity index (χ3n) is 2.84. The minimum atomic E-state index is -0.336. The molecule has 2 heterocycles. The molecule has 5 heteroatoms. The summed E-state index contributed by atoms with van der Waals surface area (Å²) in [6, 6.07) is 9.22. The maximum atomic E-state index is 10.7. The molecule has 0 radical (unpaired) electrons. The van der Waals surface area contributed by atoms with E-state index in [9.17, 15) is 4.79 Å². The number of halogens is 1. The summed E-state index contributed by atoms with van der Waals surface area (Å²) in [5.74, 6) is 0.951. The zero-order valence-electron chi connectivity index (χ0n) is 9.97. The van der Waals surface area contributed by atoms with E-state index in [1.54, 1.807) is 12.1 Å². The predicted molar refractivity (Wildman–Crippen MR) is 71.9 cm³/mol. The van der Waals surface area contributed by atoms with Gasteiger partial charge in [0.05, 0.1) is 13.2 Å². The number of ether oxygens (including phenoxy) is 2. The Bertz CT molecular complexity index is 599. The van der Waals surface area contributed by atoms with Crippen LogP contribution in [0.3, 0.4) is 0 Å². The first-order valence-corrected chi connectivity index (χ1v) is 6.64. The highest BCUT2D eigenvalue weighted by Gasteiger charge is 2.19. The first-order chi connectivity index (χ1) is 9.26. The van der Waals surface area contributed by atoms with Crippen LogP contribution in [0.15, 0.2) is 39.2 Å². The van der Waals surface area contributed by atoms with Crippen LogP contribution in [0.2, 0.25) is 0 Å². The fraction of sp³-hybridized carbons (Fsp3) is 0.214. The lowest BCUT2D eigenvalue weighted by atomic mass is 10.1. The molecule has 98 valence electrons. The molecule has 0 saturated carbocycles. The molecule has 0 N–H and O–H groups in total. The third kappa shape index (κ3) is 2.63. The molecule has 19 heavy (non-hydrogen) atoms. The summed E-state index contributed by atoms with van der Waals surface area (Å²) in [6.45, 7) is 1.20. The van der Waals surface area contributed by atoms with Crippen molar-refractivity contribution in [1.82, 2.24) is 0 Å². The van der Waals surface area contributed by atoms with E-state index in [0.717, 1.165) is 15.6 Å². The Balaban J connectivity index is 1.98. The van der Waals surface area contributed by atoms with Crippen molar-refractivity contribution in [3.8, 4) is 11.3 Å². The van der Waals surface area contributed by atoms with E-state index in [-0.39, 0.29) is 6.29 Å². The zero-order chi connectivity index (χ0) is 13.2. The van der Waals surface area contributed by atoms with Gasteiger partial charge in [-0.25, -0.2) is 0 Å². The Labute approximate surface area is 118 Å². The zero-order valence-corrected chi connectivity index (χ0v) is 11.6. The number of carbonyl (C=O) groups excluding carboxylic acids is 1. The highest BCUT2D eigenvalue weighted by molar-refractivity contribution is 9.10. The molecule has 1 fully saturated rings. The monoisotopic (exact) mass is 322 g/mol. The summed E-state index contributed by atoms with van der Waals surface area (Å²) in [7, 11) is 0. The van der Waals surface area contributed by atoms with Gasteiger partial charge in [-0.3, -0.25) is 4.79 Å². The first kappa shape index (κ1) is 12.6. The van der Waals surface area contributed by atoms with Crippen LogP contribution >= 0.6 is 15.9 Å². The summed E-state index contributed by atoms with van der Waals surface area (Å²) in [6.07, 6.45) is 0.350. The molecule has 0 atom stereocenters. The van der Waals surface area contributed by atoms with Crippen LogP contribution in [0.1, 0.15) is 22.4 Å². The number of benzene rings is 1. The molecular formula is C14H11BrO4. The minimum absolute atomic E-state index is 0.310. The van der Waals surface area contributed by atoms with Crippen LogP contribution in [0.4, 0.5) is 0 Å². The van der Waals surface area contributed by atoms with Crippen molar-refractivity contribution >= 4 is 22.2 Å². The van der Waals surface area contributed by atoms with Gasteiger partial charge in [-0.1, -0.05) is 15.9 Å². The highest BCUT2D eigenvalue weighted by Crippen LogP contribution is 2.31. The molecule has 1 aromatic heterocycles. The normalized spacial score (nSPS) is 15.8. The lowest BCUT2D eigenvalue weighted by molar-refractivity contribution is -0.0441. The summed E-state index contributed by atoms with van der Waals surface area (Å²) >= 11 is 3.46. The Kier molecular flexibility index (Phi) is 3.50. The van der Waals surface area contributed by atoms with Gasteiger partial charge in [0.15, 0.2) is 18.3 Å². The van der Waals surface area contributed by atoms with Gasteiger partial charge < -0.3 is 13.9 Å². The number of rotatable bonds is 3. The van der Waals surface area contributed by atoms with Gasteiger partial charge in [0.2, 0.25) is 0 Å². The van der Waals surface area contributed by atoms with E-state index in [0.29, 0.717) is 31.0 Å². The molecule has 2 aromatic rings. The van der Waals surface area contributed by atoms with Gasteiger partial charge in [-0.15, -0.1) is 0 Å². The molecule has 1 saturated heterocycles. The predicted octanol–water partition coefficient (Wildman–Crippen LogP) is 3.57. The second-order valence-corrected chi connectivity index (χ2v) is 5.08. The fourth-order valence-corrected chi connectivity index (χ4v) is 2.52. The van der Waals surface area contributed by atoms with E-state index < -0.39 is 0 Å². The quantitative estimate of drug-likeness (QED) is 0.810.